The van der Waals surface area contributed by atoms with Gasteiger partial charge in [-0.15, -0.1) is 0 Å². The molecule has 0 unspecified atom stereocenters. The summed E-state index contributed by atoms with van der Waals surface area (Å²) >= 11 is 3.26. The van der Waals surface area contributed by atoms with Crippen LogP contribution in [0.25, 0.3) is 16.8 Å². The molecule has 0 bridgehead atoms. The largest absolute Gasteiger partial charge is 0.478 e. The molecule has 0 aliphatic heterocycles. The number of anilines is 1. The first kappa shape index (κ1) is 19.8. The Morgan fingerprint density at radius 1 is 1.03 bits per heavy atom. The van der Waals surface area contributed by atoms with Gasteiger partial charge in [-0.1, -0.05) is 24.3 Å². The summed E-state index contributed by atoms with van der Waals surface area (Å²) in [5.41, 5.74) is 3.49. The van der Waals surface area contributed by atoms with Gasteiger partial charge in [-0.2, -0.15) is 0 Å². The summed E-state index contributed by atoms with van der Waals surface area (Å²) in [6.45, 7) is 0. The van der Waals surface area contributed by atoms with E-state index in [1.54, 1.807) is 28.7 Å². The fourth-order valence-electron chi connectivity index (χ4n) is 3.44. The first-order valence-corrected chi connectivity index (χ1v) is 9.98. The summed E-state index contributed by atoms with van der Waals surface area (Å²) < 4.78 is 2.26. The predicted octanol–water partition coefficient (Wildman–Crippen LogP) is 4.76. The molecule has 0 spiro atoms. The highest BCUT2D eigenvalue weighted by atomic mass is 79.9. The molecule has 1 N–H and O–H groups in total. The van der Waals surface area contributed by atoms with Crippen LogP contribution in [0, 0.1) is 0 Å². The lowest BCUT2D eigenvalue weighted by atomic mass is 10.0. The van der Waals surface area contributed by atoms with Crippen LogP contribution >= 0.6 is 15.9 Å². The molecule has 0 radical (unpaired) electrons. The Bertz CT molecular complexity index is 1290. The van der Waals surface area contributed by atoms with Crippen LogP contribution < -0.4 is 4.90 Å². The second-order valence-electron chi connectivity index (χ2n) is 7.01. The number of aromatic nitrogens is 2. The number of pyridine rings is 2. The first-order valence-electron chi connectivity index (χ1n) is 9.19. The van der Waals surface area contributed by atoms with E-state index in [-0.39, 0.29) is 16.8 Å². The smallest absolute Gasteiger partial charge is 0.338 e. The average Bonchev–Trinajstić information content (AvgIpc) is 3.13. The van der Waals surface area contributed by atoms with Crippen molar-refractivity contribution < 1.29 is 14.7 Å². The topological polar surface area (TPSA) is 74.9 Å². The predicted molar refractivity (Wildman–Crippen MR) is 119 cm³/mol. The number of carbonyl (C=O) groups excluding carboxylic acids is 1. The van der Waals surface area contributed by atoms with Crippen molar-refractivity contribution in [2.75, 3.05) is 19.0 Å². The Kier molecular flexibility index (Phi) is 5.13. The number of rotatable bonds is 5. The van der Waals surface area contributed by atoms with Crippen molar-refractivity contribution in [1.29, 1.82) is 0 Å². The van der Waals surface area contributed by atoms with E-state index in [0.29, 0.717) is 10.1 Å². The van der Waals surface area contributed by atoms with Gasteiger partial charge < -0.3 is 14.4 Å². The molecular weight excluding hydrogens is 446 g/mol. The summed E-state index contributed by atoms with van der Waals surface area (Å²) in [6.07, 6.45) is 1.50. The lowest BCUT2D eigenvalue weighted by molar-refractivity contribution is 0.0693. The Morgan fingerprint density at radius 3 is 2.47 bits per heavy atom. The number of fused-ring (bicyclic) bond motifs is 1. The van der Waals surface area contributed by atoms with Crippen LogP contribution in [-0.2, 0) is 0 Å². The van der Waals surface area contributed by atoms with Crippen LogP contribution in [0.3, 0.4) is 0 Å². The molecule has 0 saturated carbocycles. The van der Waals surface area contributed by atoms with Gasteiger partial charge >= 0.3 is 5.97 Å². The van der Waals surface area contributed by atoms with Crippen molar-refractivity contribution in [2.45, 2.75) is 0 Å². The Balaban J connectivity index is 1.96. The third kappa shape index (κ3) is 3.48. The van der Waals surface area contributed by atoms with Gasteiger partial charge in [0.25, 0.3) is 0 Å². The third-order valence-corrected chi connectivity index (χ3v) is 5.32. The molecular formula is C23H18BrN3O3. The summed E-state index contributed by atoms with van der Waals surface area (Å²) in [4.78, 5) is 31.4. The SMILES string of the molecule is CN(C)c1cccc(-c2cccc3c(C(=O)c4cccc(Br)n4)c(C(=O)O)cn23)c1. The number of hydrogen-bond acceptors (Lipinski definition) is 4. The van der Waals surface area contributed by atoms with E-state index in [0.717, 1.165) is 16.9 Å². The van der Waals surface area contributed by atoms with Crippen LogP contribution in [-0.4, -0.2) is 40.3 Å². The molecule has 6 nitrogen and oxygen atoms in total. The number of nitrogens with zero attached hydrogens (tertiary/aromatic N) is 3. The molecule has 4 rings (SSSR count). The number of carboxylic acids is 1. The number of ketones is 1. The number of hydrogen-bond donors (Lipinski definition) is 1. The standard InChI is InChI=1S/C23H18BrN3O3/c1-26(2)15-7-3-6-14(12-15)18-9-5-10-19-21(16(23(29)30)13-27(18)19)22(28)17-8-4-11-20(24)25-17/h3-13H,1-2H3,(H,29,30). The van der Waals surface area contributed by atoms with E-state index < -0.39 is 11.8 Å². The molecule has 3 heterocycles. The molecule has 0 fully saturated rings. The summed E-state index contributed by atoms with van der Waals surface area (Å²) in [5, 5.41) is 9.79. The summed E-state index contributed by atoms with van der Waals surface area (Å²) in [7, 11) is 3.92. The summed E-state index contributed by atoms with van der Waals surface area (Å²) in [6, 6.07) is 18.4. The minimum absolute atomic E-state index is 0.0574. The van der Waals surface area contributed by atoms with Crippen molar-refractivity contribution >= 4 is 38.9 Å². The number of benzene rings is 1. The van der Waals surface area contributed by atoms with E-state index in [1.807, 2.05) is 55.4 Å². The Labute approximate surface area is 181 Å². The van der Waals surface area contributed by atoms with Gasteiger partial charge in [0.2, 0.25) is 5.78 Å². The van der Waals surface area contributed by atoms with Crippen LogP contribution in [0.1, 0.15) is 26.4 Å². The maximum Gasteiger partial charge on any atom is 0.338 e. The molecule has 30 heavy (non-hydrogen) atoms. The van der Waals surface area contributed by atoms with Crippen LogP contribution in [0.4, 0.5) is 5.69 Å². The van der Waals surface area contributed by atoms with Crippen LogP contribution in [0.5, 0.6) is 0 Å². The highest BCUT2D eigenvalue weighted by molar-refractivity contribution is 9.10. The number of halogens is 1. The molecule has 150 valence electrons. The third-order valence-electron chi connectivity index (χ3n) is 4.87. The Hall–Kier alpha value is -3.45. The molecule has 3 aromatic heterocycles. The van der Waals surface area contributed by atoms with Crippen molar-refractivity contribution in [2.24, 2.45) is 0 Å². The number of carboxylic acid groups (broad SMARTS) is 1. The van der Waals surface area contributed by atoms with Gasteiger partial charge in [-0.05, 0) is 52.3 Å². The van der Waals surface area contributed by atoms with E-state index in [4.69, 9.17) is 0 Å². The van der Waals surface area contributed by atoms with Gasteiger partial charge in [0.15, 0.2) is 0 Å². The molecule has 0 amide bonds. The minimum Gasteiger partial charge on any atom is -0.478 e. The zero-order chi connectivity index (χ0) is 21.4. The molecule has 0 aliphatic carbocycles. The van der Waals surface area contributed by atoms with Crippen LogP contribution in [0.15, 0.2) is 71.5 Å². The van der Waals surface area contributed by atoms with Gasteiger partial charge in [0.1, 0.15) is 10.3 Å². The molecule has 4 aromatic rings. The maximum absolute atomic E-state index is 13.2. The summed E-state index contributed by atoms with van der Waals surface area (Å²) in [5.74, 6) is -1.60. The monoisotopic (exact) mass is 463 g/mol. The zero-order valence-electron chi connectivity index (χ0n) is 16.3. The normalized spacial score (nSPS) is 10.9. The van der Waals surface area contributed by atoms with Gasteiger partial charge in [0, 0.05) is 31.5 Å². The lowest BCUT2D eigenvalue weighted by Gasteiger charge is -2.14. The van der Waals surface area contributed by atoms with Gasteiger partial charge in [0.05, 0.1) is 22.3 Å². The second-order valence-corrected chi connectivity index (χ2v) is 7.82. The van der Waals surface area contributed by atoms with E-state index in [9.17, 15) is 14.7 Å². The number of carbonyl (C=O) groups is 2. The van der Waals surface area contributed by atoms with E-state index >= 15 is 0 Å². The molecule has 1 aromatic carbocycles. The van der Waals surface area contributed by atoms with E-state index in [1.165, 1.54) is 6.20 Å². The highest BCUT2D eigenvalue weighted by Crippen LogP contribution is 2.29. The second kappa shape index (κ2) is 7.76. The highest BCUT2D eigenvalue weighted by Gasteiger charge is 2.25. The molecule has 0 saturated heterocycles. The Morgan fingerprint density at radius 2 is 1.77 bits per heavy atom. The van der Waals surface area contributed by atoms with Gasteiger partial charge in [-0.3, -0.25) is 4.79 Å². The van der Waals surface area contributed by atoms with E-state index in [2.05, 4.69) is 20.9 Å². The van der Waals surface area contributed by atoms with Crippen molar-refractivity contribution in [3.63, 3.8) is 0 Å². The van der Waals surface area contributed by atoms with Crippen molar-refractivity contribution in [3.8, 4) is 11.3 Å². The fraction of sp³-hybridized carbons (Fsp3) is 0.0870. The molecule has 7 heteroatoms. The quantitative estimate of drug-likeness (QED) is 0.341. The number of aromatic carboxylic acids is 1. The molecule has 0 aliphatic rings. The fourth-order valence-corrected chi connectivity index (χ4v) is 3.78. The van der Waals surface area contributed by atoms with Crippen molar-refractivity contribution in [1.82, 2.24) is 9.38 Å². The van der Waals surface area contributed by atoms with Crippen molar-refractivity contribution in [3.05, 3.63) is 88.3 Å². The average molecular weight is 464 g/mol. The maximum atomic E-state index is 13.2. The van der Waals surface area contributed by atoms with Crippen LogP contribution in [0.2, 0.25) is 0 Å². The molecule has 0 atom stereocenters. The first-order chi connectivity index (χ1) is 14.4. The minimum atomic E-state index is -1.16. The lowest BCUT2D eigenvalue weighted by Crippen LogP contribution is -2.09. The zero-order valence-corrected chi connectivity index (χ0v) is 17.9. The van der Waals surface area contributed by atoms with Gasteiger partial charge in [-0.25, -0.2) is 9.78 Å².